The molecule has 1 aliphatic heterocycles. The van der Waals surface area contributed by atoms with Crippen LogP contribution in [-0.2, 0) is 5.41 Å². The second-order valence-corrected chi connectivity index (χ2v) is 15.3. The summed E-state index contributed by atoms with van der Waals surface area (Å²) < 4.78 is 15.1. The molecule has 3 aliphatic rings. The number of benzene rings is 7. The van der Waals surface area contributed by atoms with Gasteiger partial charge in [-0.1, -0.05) is 164 Å². The molecule has 12 rings (SSSR count). The first-order valence-corrected chi connectivity index (χ1v) is 19.5. The van der Waals surface area contributed by atoms with Gasteiger partial charge in [0.05, 0.1) is 0 Å². The Balaban J connectivity index is 1.03. The number of ether oxygens (including phenoxy) is 2. The molecular weight excluding hydrogens is 707 g/mol. The second kappa shape index (κ2) is 11.9. The van der Waals surface area contributed by atoms with Crippen LogP contribution in [-0.4, -0.2) is 15.0 Å². The molecule has 0 unspecified atom stereocenters. The van der Waals surface area contributed by atoms with Gasteiger partial charge in [-0.3, -0.25) is 0 Å². The smallest absolute Gasteiger partial charge is 0.176 e. The first kappa shape index (κ1) is 31.2. The van der Waals surface area contributed by atoms with Gasteiger partial charge in [-0.2, -0.15) is 0 Å². The maximum atomic E-state index is 6.99. The van der Waals surface area contributed by atoms with E-state index in [1.807, 2.05) is 96.3 Å². The Labute approximate surface area is 326 Å². The molecule has 6 heteroatoms. The molecule has 0 saturated carbocycles. The molecule has 0 N–H and O–H groups in total. The molecule has 1 spiro atoms. The highest BCUT2D eigenvalue weighted by Crippen LogP contribution is 2.66. The third-order valence-corrected chi connectivity index (χ3v) is 12.6. The highest BCUT2D eigenvalue weighted by atomic mass is 32.1. The van der Waals surface area contributed by atoms with E-state index in [1.165, 1.54) is 31.8 Å². The largest absolute Gasteiger partial charge is 0.452 e. The maximum absolute atomic E-state index is 6.99. The van der Waals surface area contributed by atoms with E-state index in [-0.39, 0.29) is 0 Å². The molecule has 0 radical (unpaired) electrons. The van der Waals surface area contributed by atoms with Gasteiger partial charge in [0.2, 0.25) is 0 Å². The van der Waals surface area contributed by atoms with Crippen molar-refractivity contribution in [3.05, 3.63) is 203 Å². The fourth-order valence-electron chi connectivity index (χ4n) is 8.74. The zero-order valence-electron chi connectivity index (χ0n) is 29.8. The van der Waals surface area contributed by atoms with Gasteiger partial charge in [0.1, 0.15) is 5.41 Å². The van der Waals surface area contributed by atoms with Crippen molar-refractivity contribution >= 4 is 27.2 Å². The predicted molar refractivity (Wildman–Crippen MR) is 223 cm³/mol. The Morgan fingerprint density at radius 3 is 1.50 bits per heavy atom. The van der Waals surface area contributed by atoms with Crippen LogP contribution >= 0.6 is 11.3 Å². The number of fused-ring (bicyclic) bond motifs is 12. The van der Waals surface area contributed by atoms with Crippen molar-refractivity contribution in [2.45, 2.75) is 5.41 Å². The highest BCUT2D eigenvalue weighted by Gasteiger charge is 2.58. The monoisotopic (exact) mass is 735 g/mol. The Hall–Kier alpha value is -7.15. The van der Waals surface area contributed by atoms with Crippen LogP contribution in [0, 0.1) is 0 Å². The number of hydrogen-bond donors (Lipinski definition) is 0. The fourth-order valence-corrected chi connectivity index (χ4v) is 10.3. The number of allylic oxidation sites excluding steroid dienone is 1. The third-order valence-electron chi connectivity index (χ3n) is 11.2. The van der Waals surface area contributed by atoms with E-state index in [0.717, 1.165) is 61.8 Å². The van der Waals surface area contributed by atoms with Crippen LogP contribution in [0.2, 0.25) is 0 Å². The zero-order chi connectivity index (χ0) is 36.8. The first-order valence-electron chi connectivity index (χ1n) is 18.7. The number of hydrogen-bond acceptors (Lipinski definition) is 6. The van der Waals surface area contributed by atoms with Crippen molar-refractivity contribution in [2.75, 3.05) is 0 Å². The summed E-state index contributed by atoms with van der Waals surface area (Å²) in [5, 5.41) is 1.15. The number of thiophene rings is 1. The maximum Gasteiger partial charge on any atom is 0.176 e. The lowest BCUT2D eigenvalue weighted by Crippen LogP contribution is -2.30. The lowest BCUT2D eigenvalue weighted by atomic mass is 9.77. The van der Waals surface area contributed by atoms with Crippen LogP contribution in [0.25, 0.3) is 72.3 Å². The number of nitrogens with zero attached hydrogens (tertiary/aromatic N) is 3. The third kappa shape index (κ3) is 4.39. The Morgan fingerprint density at radius 2 is 0.893 bits per heavy atom. The molecule has 2 aromatic heterocycles. The summed E-state index contributed by atoms with van der Waals surface area (Å²) in [6.45, 7) is 0. The quantitative estimate of drug-likeness (QED) is 0.180. The van der Waals surface area contributed by atoms with Gasteiger partial charge in [0.15, 0.2) is 40.5 Å². The predicted octanol–water partition coefficient (Wildman–Crippen LogP) is 12.2. The van der Waals surface area contributed by atoms with Gasteiger partial charge in [-0.25, -0.2) is 15.0 Å². The van der Waals surface area contributed by atoms with E-state index in [1.54, 1.807) is 0 Å². The summed E-state index contributed by atoms with van der Waals surface area (Å²) in [5.74, 6) is 5.01. The Bertz CT molecular complexity index is 2980. The van der Waals surface area contributed by atoms with Crippen LogP contribution in [0.4, 0.5) is 0 Å². The van der Waals surface area contributed by atoms with E-state index in [9.17, 15) is 0 Å². The molecule has 7 aromatic carbocycles. The van der Waals surface area contributed by atoms with Gasteiger partial charge in [-0.15, -0.1) is 11.3 Å². The van der Waals surface area contributed by atoms with E-state index < -0.39 is 5.41 Å². The van der Waals surface area contributed by atoms with Crippen LogP contribution in [0.5, 0.6) is 11.5 Å². The average molecular weight is 736 g/mol. The number of aromatic nitrogens is 3. The van der Waals surface area contributed by atoms with Crippen LogP contribution in [0.15, 0.2) is 182 Å². The number of rotatable bonds is 4. The molecule has 5 nitrogen and oxygen atoms in total. The van der Waals surface area contributed by atoms with Crippen LogP contribution in [0.3, 0.4) is 0 Å². The minimum atomic E-state index is -0.651. The average Bonchev–Trinajstić information content (AvgIpc) is 3.90. The normalized spacial score (nSPS) is 14.1. The van der Waals surface area contributed by atoms with Crippen LogP contribution in [0.1, 0.15) is 21.6 Å². The first-order chi connectivity index (χ1) is 27.8. The summed E-state index contributed by atoms with van der Waals surface area (Å²) in [6.07, 6.45) is 0. The Kier molecular flexibility index (Phi) is 6.65. The van der Waals surface area contributed by atoms with Gasteiger partial charge >= 0.3 is 0 Å². The summed E-state index contributed by atoms with van der Waals surface area (Å²) >= 11 is 1.84. The van der Waals surface area contributed by atoms with Gasteiger partial charge in [0, 0.05) is 37.2 Å². The van der Waals surface area contributed by atoms with Crippen molar-refractivity contribution in [1.82, 2.24) is 15.0 Å². The highest BCUT2D eigenvalue weighted by molar-refractivity contribution is 7.20. The van der Waals surface area contributed by atoms with E-state index in [0.29, 0.717) is 17.5 Å². The van der Waals surface area contributed by atoms with E-state index >= 15 is 0 Å². The number of para-hydroxylation sites is 2. The SMILES string of the molecule is c1ccc(-c2nc(-c3ccccc3)nc(-c3ccc(-c4cccc5c6c(sc45)C4(C5=C6Oc6ccccc6O5)c5ccccc5-c5ccccc54)cc3)n2)cc1. The van der Waals surface area contributed by atoms with E-state index in [2.05, 4.69) is 91.0 Å². The molecule has 0 amide bonds. The molecule has 0 fully saturated rings. The molecule has 0 bridgehead atoms. The van der Waals surface area contributed by atoms with Crippen LogP contribution < -0.4 is 9.47 Å². The Morgan fingerprint density at radius 1 is 0.411 bits per heavy atom. The molecule has 262 valence electrons. The summed E-state index contributed by atoms with van der Waals surface area (Å²) in [5.41, 5.74) is 10.4. The summed E-state index contributed by atoms with van der Waals surface area (Å²) in [7, 11) is 0. The van der Waals surface area contributed by atoms with Crippen molar-refractivity contribution < 1.29 is 9.47 Å². The molecule has 56 heavy (non-hydrogen) atoms. The fraction of sp³-hybridized carbons (Fsp3) is 0.0200. The summed E-state index contributed by atoms with van der Waals surface area (Å²) in [6, 6.07) is 60.9. The molecular formula is C50H29N3O2S. The molecule has 3 heterocycles. The van der Waals surface area contributed by atoms with Crippen molar-refractivity contribution in [3.63, 3.8) is 0 Å². The van der Waals surface area contributed by atoms with Crippen molar-refractivity contribution in [2.24, 2.45) is 0 Å². The lowest BCUT2D eigenvalue weighted by Gasteiger charge is -2.32. The second-order valence-electron chi connectivity index (χ2n) is 14.3. The summed E-state index contributed by atoms with van der Waals surface area (Å²) in [4.78, 5) is 16.0. The molecule has 0 saturated heterocycles. The minimum Gasteiger partial charge on any atom is -0.452 e. The topological polar surface area (TPSA) is 57.1 Å². The van der Waals surface area contributed by atoms with Crippen molar-refractivity contribution in [3.8, 4) is 67.9 Å². The van der Waals surface area contributed by atoms with Gasteiger partial charge in [-0.05, 0) is 45.5 Å². The van der Waals surface area contributed by atoms with E-state index in [4.69, 9.17) is 24.4 Å². The lowest BCUT2D eigenvalue weighted by molar-refractivity contribution is 0.317. The molecule has 2 aliphatic carbocycles. The van der Waals surface area contributed by atoms with Crippen molar-refractivity contribution in [1.29, 1.82) is 0 Å². The standard InChI is InChI=1S/C50H29N3O2S/c1-3-14-31(15-4-1)47-51-48(32-16-5-2-6-17-32)53-49(52-47)33-28-26-30(27-29-33)34-20-13-21-37-42-43-45(55-41-25-12-11-24-40(41)54-43)50(46(42)56-44(34)37)38-22-9-7-18-35(38)36-19-8-10-23-39(36)50/h1-29H. The van der Waals surface area contributed by atoms with Gasteiger partial charge in [0.25, 0.3) is 0 Å². The minimum absolute atomic E-state index is 0.632. The zero-order valence-corrected chi connectivity index (χ0v) is 30.6. The molecule has 9 aromatic rings. The van der Waals surface area contributed by atoms with Gasteiger partial charge < -0.3 is 9.47 Å². The molecule has 0 atom stereocenters.